The van der Waals surface area contributed by atoms with E-state index in [9.17, 15) is 4.79 Å². The Bertz CT molecular complexity index is 960. The number of esters is 1. The van der Waals surface area contributed by atoms with Crippen LogP contribution < -0.4 is 14.4 Å². The van der Waals surface area contributed by atoms with Crippen LogP contribution in [0.25, 0.3) is 0 Å². The van der Waals surface area contributed by atoms with Crippen LogP contribution in [0.2, 0.25) is 0 Å². The van der Waals surface area contributed by atoms with Crippen LogP contribution in [0, 0.1) is 5.41 Å². The molecule has 1 aliphatic carbocycles. The Morgan fingerprint density at radius 1 is 1.21 bits per heavy atom. The van der Waals surface area contributed by atoms with Crippen molar-refractivity contribution < 1.29 is 19.0 Å². The number of carbonyl (C=O) groups is 1. The maximum Gasteiger partial charge on any atom is 0.308 e. The molecule has 4 fully saturated rings. The zero-order chi connectivity index (χ0) is 20.2. The van der Waals surface area contributed by atoms with Gasteiger partial charge in [-0.15, -0.1) is 0 Å². The number of hydrogen-bond donors (Lipinski definition) is 0. The van der Waals surface area contributed by atoms with Crippen LogP contribution >= 0.6 is 0 Å². The van der Waals surface area contributed by atoms with Crippen molar-refractivity contribution in [3.8, 4) is 11.5 Å². The number of anilines is 1. The normalized spacial score (nSPS) is 39.6. The van der Waals surface area contributed by atoms with Crippen molar-refractivity contribution in [2.75, 3.05) is 39.3 Å². The molecule has 2 spiro atoms. The molecule has 6 nitrogen and oxygen atoms in total. The van der Waals surface area contributed by atoms with Crippen LogP contribution in [0.1, 0.15) is 37.7 Å². The number of methoxy groups -OCH3 is 2. The molecule has 0 amide bonds. The highest BCUT2D eigenvalue weighted by atomic mass is 16.6. The lowest BCUT2D eigenvalue weighted by Crippen LogP contribution is -2.73. The molecular weight excluding hydrogens is 368 g/mol. The maximum absolute atomic E-state index is 12.9. The van der Waals surface area contributed by atoms with Gasteiger partial charge in [-0.05, 0) is 37.3 Å². The predicted octanol–water partition coefficient (Wildman–Crippen LogP) is 2.85. The molecule has 0 aromatic heterocycles. The van der Waals surface area contributed by atoms with Gasteiger partial charge in [0.2, 0.25) is 0 Å². The molecule has 4 atom stereocenters. The summed E-state index contributed by atoms with van der Waals surface area (Å²) in [5, 5.41) is 0. The van der Waals surface area contributed by atoms with Crippen molar-refractivity contribution in [3.63, 3.8) is 0 Å². The molecule has 4 heterocycles. The van der Waals surface area contributed by atoms with Crippen molar-refractivity contribution in [1.82, 2.24) is 4.90 Å². The Morgan fingerprint density at radius 3 is 2.79 bits per heavy atom. The average molecular weight is 396 g/mol. The fourth-order valence-electron chi connectivity index (χ4n) is 7.85. The largest absolute Gasteiger partial charge is 0.493 e. The number of likely N-dealkylation sites (N-methyl/N-ethyl adjacent to an activating group) is 1. The molecule has 3 saturated heterocycles. The van der Waals surface area contributed by atoms with Gasteiger partial charge < -0.3 is 19.1 Å². The Labute approximate surface area is 171 Å². The Morgan fingerprint density at radius 2 is 2.03 bits per heavy atom. The SMILES string of the molecule is C=C1C[C@H]2N(C)c3c(ccc(OC)c3OC)[C@]23CCN2CCC[C@]14CC(=O)O[C@@]243. The molecule has 6 heteroatoms. The highest BCUT2D eigenvalue weighted by Crippen LogP contribution is 2.75. The minimum Gasteiger partial charge on any atom is -0.493 e. The van der Waals surface area contributed by atoms with Gasteiger partial charge in [0.05, 0.1) is 37.2 Å². The smallest absolute Gasteiger partial charge is 0.308 e. The predicted molar refractivity (Wildman–Crippen MR) is 108 cm³/mol. The lowest BCUT2D eigenvalue weighted by Gasteiger charge is -2.62. The van der Waals surface area contributed by atoms with Gasteiger partial charge in [0.1, 0.15) is 0 Å². The number of fused-ring (bicyclic) bond motifs is 1. The number of hydrogen-bond acceptors (Lipinski definition) is 6. The summed E-state index contributed by atoms with van der Waals surface area (Å²) in [5.74, 6) is 1.43. The zero-order valence-corrected chi connectivity index (χ0v) is 17.4. The molecule has 4 aliphatic heterocycles. The average Bonchev–Trinajstić information content (AvgIpc) is 3.30. The first-order valence-electron chi connectivity index (χ1n) is 10.6. The van der Waals surface area contributed by atoms with Gasteiger partial charge >= 0.3 is 5.97 Å². The first-order chi connectivity index (χ1) is 14.0. The number of ether oxygens (including phenoxy) is 3. The summed E-state index contributed by atoms with van der Waals surface area (Å²) in [7, 11) is 5.51. The van der Waals surface area contributed by atoms with Crippen LogP contribution in [0.4, 0.5) is 5.69 Å². The number of piperidine rings is 1. The summed E-state index contributed by atoms with van der Waals surface area (Å²) in [6.07, 6.45) is 4.39. The Kier molecular flexibility index (Phi) is 3.21. The second-order valence-corrected chi connectivity index (χ2v) is 9.32. The van der Waals surface area contributed by atoms with Crippen LogP contribution in [0.15, 0.2) is 24.3 Å². The Balaban J connectivity index is 1.69. The summed E-state index contributed by atoms with van der Waals surface area (Å²) >= 11 is 0. The number of carbonyl (C=O) groups excluding carboxylic acids is 1. The van der Waals surface area contributed by atoms with E-state index in [1.165, 1.54) is 11.1 Å². The third-order valence-electron chi connectivity index (χ3n) is 8.72. The van der Waals surface area contributed by atoms with Gasteiger partial charge in [-0.3, -0.25) is 9.69 Å². The third-order valence-corrected chi connectivity index (χ3v) is 8.72. The summed E-state index contributed by atoms with van der Waals surface area (Å²) in [6.45, 7) is 6.47. The fraction of sp³-hybridized carbons (Fsp3) is 0.609. The highest BCUT2D eigenvalue weighted by Gasteiger charge is 2.82. The van der Waals surface area contributed by atoms with Gasteiger partial charge in [-0.2, -0.15) is 0 Å². The van der Waals surface area contributed by atoms with Crippen molar-refractivity contribution in [2.45, 2.75) is 49.3 Å². The van der Waals surface area contributed by atoms with Gasteiger partial charge in [0, 0.05) is 26.2 Å². The van der Waals surface area contributed by atoms with Crippen molar-refractivity contribution >= 4 is 11.7 Å². The number of rotatable bonds is 2. The number of nitrogens with zero attached hydrogens (tertiary/aromatic N) is 2. The van der Waals surface area contributed by atoms with E-state index in [4.69, 9.17) is 14.2 Å². The molecule has 154 valence electrons. The molecule has 1 aromatic carbocycles. The van der Waals surface area contributed by atoms with E-state index in [0.29, 0.717) is 6.42 Å². The molecule has 0 bridgehead atoms. The van der Waals surface area contributed by atoms with E-state index in [1.54, 1.807) is 14.2 Å². The molecule has 5 aliphatic rings. The zero-order valence-electron chi connectivity index (χ0n) is 17.4. The van der Waals surface area contributed by atoms with E-state index < -0.39 is 5.72 Å². The third kappa shape index (κ3) is 1.59. The topological polar surface area (TPSA) is 51.2 Å². The fourth-order valence-corrected chi connectivity index (χ4v) is 7.85. The molecule has 1 saturated carbocycles. The van der Waals surface area contributed by atoms with E-state index in [2.05, 4.69) is 29.5 Å². The molecule has 0 radical (unpaired) electrons. The molecule has 29 heavy (non-hydrogen) atoms. The van der Waals surface area contributed by atoms with E-state index in [0.717, 1.165) is 56.0 Å². The molecule has 0 unspecified atom stereocenters. The van der Waals surface area contributed by atoms with Gasteiger partial charge in [0.15, 0.2) is 17.2 Å². The minimum atomic E-state index is -0.631. The second kappa shape index (κ2) is 5.28. The van der Waals surface area contributed by atoms with E-state index in [1.807, 2.05) is 6.07 Å². The Hall–Kier alpha value is -2.21. The number of benzene rings is 1. The first kappa shape index (κ1) is 17.6. The van der Waals surface area contributed by atoms with Crippen molar-refractivity contribution in [1.29, 1.82) is 0 Å². The lowest BCUT2D eigenvalue weighted by atomic mass is 9.49. The van der Waals surface area contributed by atoms with Crippen LogP contribution in [0.5, 0.6) is 11.5 Å². The van der Waals surface area contributed by atoms with Gasteiger partial charge in [-0.1, -0.05) is 18.2 Å². The van der Waals surface area contributed by atoms with Gasteiger partial charge in [-0.25, -0.2) is 0 Å². The van der Waals surface area contributed by atoms with Crippen molar-refractivity contribution in [2.24, 2.45) is 5.41 Å². The summed E-state index contributed by atoms with van der Waals surface area (Å²) in [6, 6.07) is 4.38. The van der Waals surface area contributed by atoms with Crippen LogP contribution in [-0.4, -0.2) is 57.0 Å². The summed E-state index contributed by atoms with van der Waals surface area (Å²) in [5.41, 5.74) is 2.30. The highest BCUT2D eigenvalue weighted by molar-refractivity contribution is 5.82. The summed E-state index contributed by atoms with van der Waals surface area (Å²) in [4.78, 5) is 17.7. The van der Waals surface area contributed by atoms with Crippen LogP contribution in [0.3, 0.4) is 0 Å². The molecule has 1 aromatic rings. The van der Waals surface area contributed by atoms with E-state index in [-0.39, 0.29) is 22.8 Å². The first-order valence-corrected chi connectivity index (χ1v) is 10.6. The van der Waals surface area contributed by atoms with Crippen LogP contribution in [-0.2, 0) is 14.9 Å². The molecule has 0 N–H and O–H groups in total. The monoisotopic (exact) mass is 396 g/mol. The quantitative estimate of drug-likeness (QED) is 0.566. The second-order valence-electron chi connectivity index (χ2n) is 9.32. The maximum atomic E-state index is 12.9. The standard InChI is InChI=1S/C23H28N2O4/c1-14-12-17-22(15-6-7-16(27-3)20(28-4)19(15)24(17)2)9-11-25-10-5-8-21(14)13-18(26)29-23(21,22)25/h6-7,17H,1,5,8-13H2,2-4H3/t17-,21+,22-,23+/m1/s1. The molecule has 6 rings (SSSR count). The minimum absolute atomic E-state index is 0.0726. The van der Waals surface area contributed by atoms with E-state index >= 15 is 0 Å². The molecular formula is C23H28N2O4. The lowest BCUT2D eigenvalue weighted by molar-refractivity contribution is -0.216. The summed E-state index contributed by atoms with van der Waals surface area (Å²) < 4.78 is 17.9. The van der Waals surface area contributed by atoms with Crippen molar-refractivity contribution in [3.05, 3.63) is 29.8 Å². The van der Waals surface area contributed by atoms with Gasteiger partial charge in [0.25, 0.3) is 0 Å².